The number of hydrogen-bond donors (Lipinski definition) is 1. The third-order valence-electron chi connectivity index (χ3n) is 3.19. The zero-order valence-electron chi connectivity index (χ0n) is 11.5. The summed E-state index contributed by atoms with van der Waals surface area (Å²) in [6, 6.07) is 8.88. The minimum atomic E-state index is 0.706. The van der Waals surface area contributed by atoms with Crippen LogP contribution in [0.4, 0.5) is 5.69 Å². The van der Waals surface area contributed by atoms with Gasteiger partial charge in [-0.25, -0.2) is 0 Å². The Morgan fingerprint density at radius 3 is 2.44 bits per heavy atom. The van der Waals surface area contributed by atoms with Gasteiger partial charge in [-0.15, -0.1) is 0 Å². The van der Waals surface area contributed by atoms with Gasteiger partial charge in [-0.05, 0) is 30.2 Å². The molecule has 1 N–H and O–H groups in total. The molecule has 0 spiro atoms. The van der Waals surface area contributed by atoms with Crippen LogP contribution in [0.25, 0.3) is 0 Å². The monoisotopic (exact) mass is 248 g/mol. The highest BCUT2D eigenvalue weighted by molar-refractivity contribution is 5.47. The molecule has 1 saturated heterocycles. The summed E-state index contributed by atoms with van der Waals surface area (Å²) in [7, 11) is 0. The fourth-order valence-electron chi connectivity index (χ4n) is 2.15. The molecule has 0 bridgehead atoms. The van der Waals surface area contributed by atoms with E-state index in [-0.39, 0.29) is 0 Å². The maximum Gasteiger partial charge on any atom is 0.0642 e. The first-order valence-electron chi connectivity index (χ1n) is 6.88. The van der Waals surface area contributed by atoms with Crippen molar-refractivity contribution in [2.24, 2.45) is 5.92 Å². The Bertz CT molecular complexity index is 342. The summed E-state index contributed by atoms with van der Waals surface area (Å²) < 4.78 is 5.37. The average molecular weight is 248 g/mol. The first-order valence-corrected chi connectivity index (χ1v) is 6.88. The van der Waals surface area contributed by atoms with Gasteiger partial charge in [0.2, 0.25) is 0 Å². The minimum absolute atomic E-state index is 0.706. The predicted octanol–water partition coefficient (Wildman–Crippen LogP) is 2.27. The molecular formula is C15H24N2O. The van der Waals surface area contributed by atoms with Crippen molar-refractivity contribution in [3.8, 4) is 0 Å². The third-order valence-corrected chi connectivity index (χ3v) is 3.19. The molecule has 1 aromatic carbocycles. The summed E-state index contributed by atoms with van der Waals surface area (Å²) in [5.74, 6) is 0.706. The topological polar surface area (TPSA) is 24.5 Å². The molecule has 3 heteroatoms. The van der Waals surface area contributed by atoms with Gasteiger partial charge in [0.05, 0.1) is 13.2 Å². The molecule has 0 aliphatic carbocycles. The van der Waals surface area contributed by atoms with Gasteiger partial charge in [0, 0.05) is 25.3 Å². The molecule has 3 nitrogen and oxygen atoms in total. The fourth-order valence-corrected chi connectivity index (χ4v) is 2.15. The van der Waals surface area contributed by atoms with E-state index < -0.39 is 0 Å². The van der Waals surface area contributed by atoms with Gasteiger partial charge < -0.3 is 15.0 Å². The molecule has 1 fully saturated rings. The van der Waals surface area contributed by atoms with E-state index in [0.29, 0.717) is 5.92 Å². The van der Waals surface area contributed by atoms with Crippen molar-refractivity contribution in [2.75, 3.05) is 37.7 Å². The zero-order chi connectivity index (χ0) is 12.8. The Balaban J connectivity index is 1.84. The van der Waals surface area contributed by atoms with E-state index in [9.17, 15) is 0 Å². The standard InChI is InChI=1S/C15H24N2O/c1-13(2)11-16-12-14-3-5-15(6-4-14)17-7-9-18-10-8-17/h3-6,13,16H,7-12H2,1-2H3. The van der Waals surface area contributed by atoms with Crippen molar-refractivity contribution in [3.63, 3.8) is 0 Å². The predicted molar refractivity (Wildman–Crippen MR) is 76.0 cm³/mol. The molecule has 100 valence electrons. The number of ether oxygens (including phenoxy) is 1. The molecule has 2 rings (SSSR count). The van der Waals surface area contributed by atoms with Crippen LogP contribution in [0, 0.1) is 5.92 Å². The minimum Gasteiger partial charge on any atom is -0.378 e. The highest BCUT2D eigenvalue weighted by Crippen LogP contribution is 2.16. The van der Waals surface area contributed by atoms with Crippen molar-refractivity contribution >= 4 is 5.69 Å². The van der Waals surface area contributed by atoms with Gasteiger partial charge in [0.25, 0.3) is 0 Å². The summed E-state index contributed by atoms with van der Waals surface area (Å²) >= 11 is 0. The molecule has 18 heavy (non-hydrogen) atoms. The van der Waals surface area contributed by atoms with Gasteiger partial charge in [-0.1, -0.05) is 26.0 Å². The van der Waals surface area contributed by atoms with E-state index in [1.54, 1.807) is 0 Å². The lowest BCUT2D eigenvalue weighted by Crippen LogP contribution is -2.36. The maximum atomic E-state index is 5.37. The summed E-state index contributed by atoms with van der Waals surface area (Å²) in [6.45, 7) is 10.2. The lowest BCUT2D eigenvalue weighted by Gasteiger charge is -2.28. The molecule has 0 atom stereocenters. The molecule has 0 amide bonds. The van der Waals surface area contributed by atoms with Crippen molar-refractivity contribution in [1.29, 1.82) is 0 Å². The lowest BCUT2D eigenvalue weighted by atomic mass is 10.1. The van der Waals surface area contributed by atoms with Crippen LogP contribution in [0.5, 0.6) is 0 Å². The molecule has 0 unspecified atom stereocenters. The Kier molecular flexibility index (Phi) is 5.02. The van der Waals surface area contributed by atoms with E-state index in [2.05, 4.69) is 48.3 Å². The number of nitrogens with one attached hydrogen (secondary N) is 1. The second-order valence-corrected chi connectivity index (χ2v) is 5.29. The van der Waals surface area contributed by atoms with Crippen LogP contribution >= 0.6 is 0 Å². The van der Waals surface area contributed by atoms with E-state index in [4.69, 9.17) is 4.74 Å². The summed E-state index contributed by atoms with van der Waals surface area (Å²) in [5.41, 5.74) is 2.67. The normalized spacial score (nSPS) is 16.3. The van der Waals surface area contributed by atoms with Crippen molar-refractivity contribution in [2.45, 2.75) is 20.4 Å². The molecule has 1 heterocycles. The Morgan fingerprint density at radius 1 is 1.17 bits per heavy atom. The quantitative estimate of drug-likeness (QED) is 0.865. The van der Waals surface area contributed by atoms with Gasteiger partial charge in [0.1, 0.15) is 0 Å². The van der Waals surface area contributed by atoms with Crippen molar-refractivity contribution < 1.29 is 4.74 Å². The molecular weight excluding hydrogens is 224 g/mol. The molecule has 1 aliphatic rings. The van der Waals surface area contributed by atoms with Crippen molar-refractivity contribution in [3.05, 3.63) is 29.8 Å². The van der Waals surface area contributed by atoms with Gasteiger partial charge in [-0.3, -0.25) is 0 Å². The second kappa shape index (κ2) is 6.76. The van der Waals surface area contributed by atoms with Crippen molar-refractivity contribution in [1.82, 2.24) is 5.32 Å². The highest BCUT2D eigenvalue weighted by Gasteiger charge is 2.10. The Morgan fingerprint density at radius 2 is 1.83 bits per heavy atom. The number of anilines is 1. The smallest absolute Gasteiger partial charge is 0.0642 e. The molecule has 1 aromatic rings. The third kappa shape index (κ3) is 4.00. The summed E-state index contributed by atoms with van der Waals surface area (Å²) in [6.07, 6.45) is 0. The lowest BCUT2D eigenvalue weighted by molar-refractivity contribution is 0.122. The van der Waals surface area contributed by atoms with E-state index >= 15 is 0 Å². The Hall–Kier alpha value is -1.06. The largest absolute Gasteiger partial charge is 0.378 e. The SMILES string of the molecule is CC(C)CNCc1ccc(N2CCOCC2)cc1. The van der Waals surface area contributed by atoms with Crippen LogP contribution in [-0.4, -0.2) is 32.8 Å². The molecule has 0 radical (unpaired) electrons. The van der Waals surface area contributed by atoms with E-state index in [1.165, 1.54) is 11.3 Å². The van der Waals surface area contributed by atoms with Gasteiger partial charge >= 0.3 is 0 Å². The van der Waals surface area contributed by atoms with Gasteiger partial charge in [0.15, 0.2) is 0 Å². The average Bonchev–Trinajstić information content (AvgIpc) is 2.40. The Labute approximate surface area is 110 Å². The van der Waals surface area contributed by atoms with Crippen LogP contribution in [0.2, 0.25) is 0 Å². The van der Waals surface area contributed by atoms with E-state index in [1.807, 2.05) is 0 Å². The number of hydrogen-bond acceptors (Lipinski definition) is 3. The number of rotatable bonds is 5. The molecule has 1 aliphatic heterocycles. The first-order chi connectivity index (χ1) is 8.75. The highest BCUT2D eigenvalue weighted by atomic mass is 16.5. The van der Waals surface area contributed by atoms with Crippen LogP contribution in [0.15, 0.2) is 24.3 Å². The van der Waals surface area contributed by atoms with E-state index in [0.717, 1.165) is 39.4 Å². The summed E-state index contributed by atoms with van der Waals surface area (Å²) in [4.78, 5) is 2.38. The zero-order valence-corrected chi connectivity index (χ0v) is 11.5. The number of benzene rings is 1. The fraction of sp³-hybridized carbons (Fsp3) is 0.600. The van der Waals surface area contributed by atoms with Crippen LogP contribution in [-0.2, 0) is 11.3 Å². The summed E-state index contributed by atoms with van der Waals surface area (Å²) in [5, 5.41) is 3.47. The van der Waals surface area contributed by atoms with Crippen LogP contribution in [0.3, 0.4) is 0 Å². The maximum absolute atomic E-state index is 5.37. The van der Waals surface area contributed by atoms with Crippen LogP contribution < -0.4 is 10.2 Å². The van der Waals surface area contributed by atoms with Crippen LogP contribution in [0.1, 0.15) is 19.4 Å². The number of nitrogens with zero attached hydrogens (tertiary/aromatic N) is 1. The molecule has 0 saturated carbocycles. The molecule has 0 aromatic heterocycles. The second-order valence-electron chi connectivity index (χ2n) is 5.29. The first kappa shape index (κ1) is 13.4. The van der Waals surface area contributed by atoms with Gasteiger partial charge in [-0.2, -0.15) is 0 Å². The number of morpholine rings is 1.